The summed E-state index contributed by atoms with van der Waals surface area (Å²) in [6.07, 6.45) is 4.09. The van der Waals surface area contributed by atoms with Gasteiger partial charge in [-0.2, -0.15) is 0 Å². The van der Waals surface area contributed by atoms with Gasteiger partial charge in [-0.05, 0) is 140 Å². The number of fused-ring (bicyclic) bond motifs is 11. The monoisotopic (exact) mass is 731 g/mol. The van der Waals surface area contributed by atoms with Crippen molar-refractivity contribution in [1.82, 2.24) is 0 Å². The quantitative estimate of drug-likeness (QED) is 0.174. The van der Waals surface area contributed by atoms with Crippen molar-refractivity contribution in [3.63, 3.8) is 0 Å². The second-order valence-corrected chi connectivity index (χ2v) is 16.8. The first-order valence-corrected chi connectivity index (χ1v) is 20.6. The minimum atomic E-state index is -0.149. The molecule has 57 heavy (non-hydrogen) atoms. The highest BCUT2D eigenvalue weighted by atomic mass is 15.1. The van der Waals surface area contributed by atoms with E-state index in [1.54, 1.807) is 0 Å². The van der Waals surface area contributed by atoms with Crippen LogP contribution in [0.5, 0.6) is 0 Å². The number of anilines is 3. The van der Waals surface area contributed by atoms with Crippen molar-refractivity contribution in [2.45, 2.75) is 50.4 Å². The average molecular weight is 732 g/mol. The second kappa shape index (κ2) is 13.1. The second-order valence-electron chi connectivity index (χ2n) is 16.8. The lowest BCUT2D eigenvalue weighted by Crippen LogP contribution is -2.27. The Bertz CT molecular complexity index is 2830. The van der Waals surface area contributed by atoms with Gasteiger partial charge in [0.1, 0.15) is 0 Å². The van der Waals surface area contributed by atoms with Crippen LogP contribution in [0, 0.1) is 0 Å². The molecule has 1 atom stereocenters. The van der Waals surface area contributed by atoms with Crippen molar-refractivity contribution in [2.24, 2.45) is 0 Å². The molecule has 0 saturated carbocycles. The van der Waals surface area contributed by atoms with Crippen LogP contribution in [0.25, 0.3) is 44.5 Å². The fraction of sp³-hybridized carbons (Fsp3) is 0.143. The summed E-state index contributed by atoms with van der Waals surface area (Å²) in [4.78, 5) is 2.49. The van der Waals surface area contributed by atoms with Crippen LogP contribution in [0.2, 0.25) is 0 Å². The van der Waals surface area contributed by atoms with Gasteiger partial charge in [0.2, 0.25) is 0 Å². The van der Waals surface area contributed by atoms with Gasteiger partial charge in [-0.15, -0.1) is 0 Å². The van der Waals surface area contributed by atoms with E-state index in [1.807, 2.05) is 0 Å². The van der Waals surface area contributed by atoms with Crippen LogP contribution in [0.15, 0.2) is 188 Å². The van der Waals surface area contributed by atoms with Crippen LogP contribution < -0.4 is 4.90 Å². The van der Waals surface area contributed by atoms with Crippen molar-refractivity contribution in [3.8, 4) is 44.5 Å². The van der Waals surface area contributed by atoms with Gasteiger partial charge in [0, 0.05) is 27.9 Å². The molecule has 0 heterocycles. The van der Waals surface area contributed by atoms with Crippen molar-refractivity contribution in [3.05, 3.63) is 221 Å². The van der Waals surface area contributed by atoms with Crippen molar-refractivity contribution in [1.29, 1.82) is 0 Å². The maximum Gasteiger partial charge on any atom is 0.0465 e. The summed E-state index contributed by atoms with van der Waals surface area (Å²) in [5.41, 5.74) is 22.7. The minimum Gasteiger partial charge on any atom is -0.310 e. The molecule has 1 spiro atoms. The molecule has 0 radical (unpaired) electrons. The van der Waals surface area contributed by atoms with Gasteiger partial charge in [0.05, 0.1) is 0 Å². The van der Waals surface area contributed by atoms with Crippen LogP contribution in [0.1, 0.15) is 60.1 Å². The smallest absolute Gasteiger partial charge is 0.0465 e. The molecule has 1 nitrogen and oxygen atoms in total. The highest BCUT2D eigenvalue weighted by Crippen LogP contribution is 2.57. The molecule has 3 aliphatic carbocycles. The highest BCUT2D eigenvalue weighted by molar-refractivity contribution is 5.89. The number of nitrogens with zero attached hydrogens (tertiary/aromatic N) is 1. The predicted molar refractivity (Wildman–Crippen MR) is 239 cm³/mol. The van der Waals surface area contributed by atoms with E-state index in [9.17, 15) is 0 Å². The molecular weight excluding hydrogens is 687 g/mol. The molecule has 3 aliphatic rings. The van der Waals surface area contributed by atoms with Crippen LogP contribution in [0.3, 0.4) is 0 Å². The normalized spacial score (nSPS) is 16.9. The molecule has 8 aromatic rings. The summed E-state index contributed by atoms with van der Waals surface area (Å²) in [6.45, 7) is 4.75. The molecule has 0 saturated heterocycles. The van der Waals surface area contributed by atoms with Crippen LogP contribution in [-0.2, 0) is 23.7 Å². The Morgan fingerprint density at radius 2 is 0.860 bits per heavy atom. The Kier molecular flexibility index (Phi) is 7.76. The van der Waals surface area contributed by atoms with Gasteiger partial charge in [-0.1, -0.05) is 166 Å². The number of para-hydroxylation sites is 1. The molecule has 8 aromatic carbocycles. The zero-order valence-corrected chi connectivity index (χ0v) is 32.7. The SMILES string of the molecule is CC1(C)c2ccccc2-c2ccc(N(c3ccccc3)c3ccc4c(c3)C3(CCc5ccccc5-c5ccc(-c6ccccc6)cc5CC3)c3ccccc3-4)cc21. The molecule has 1 heteroatoms. The third-order valence-corrected chi connectivity index (χ3v) is 13.5. The Labute approximate surface area is 336 Å². The molecule has 0 aromatic heterocycles. The first-order valence-electron chi connectivity index (χ1n) is 20.6. The first-order chi connectivity index (χ1) is 28.0. The largest absolute Gasteiger partial charge is 0.310 e. The molecule has 0 amide bonds. The predicted octanol–water partition coefficient (Wildman–Crippen LogP) is 14.6. The maximum atomic E-state index is 2.56. The first kappa shape index (κ1) is 33.9. The van der Waals surface area contributed by atoms with Crippen molar-refractivity contribution < 1.29 is 0 Å². The van der Waals surface area contributed by atoms with E-state index >= 15 is 0 Å². The molecule has 0 fully saturated rings. The standard InChI is InChI=1S/C56H45N/c1-55(2)51-23-13-11-21-47(51)49-29-26-43(36-53(49)55)57(42-18-7-4-8-19-42)44-27-30-50-48-22-12-14-24-52(48)56(54(50)37-44)33-31-39-17-9-10-20-45(39)46-28-25-40(35-41(46)32-34-56)38-15-5-3-6-16-38/h3-30,35-37H,31-34H2,1-2H3. The van der Waals surface area contributed by atoms with E-state index in [-0.39, 0.29) is 10.8 Å². The average Bonchev–Trinajstić information content (AvgIpc) is 3.69. The van der Waals surface area contributed by atoms with Gasteiger partial charge in [-0.3, -0.25) is 0 Å². The summed E-state index contributed by atoms with van der Waals surface area (Å²) in [5, 5.41) is 0. The molecule has 0 aliphatic heterocycles. The van der Waals surface area contributed by atoms with Crippen LogP contribution in [0.4, 0.5) is 17.1 Å². The lowest BCUT2D eigenvalue weighted by atomic mass is 9.70. The Balaban J connectivity index is 1.08. The van der Waals surface area contributed by atoms with Gasteiger partial charge in [0.15, 0.2) is 0 Å². The summed E-state index contributed by atoms with van der Waals surface area (Å²) in [7, 11) is 0. The van der Waals surface area contributed by atoms with E-state index < -0.39 is 0 Å². The van der Waals surface area contributed by atoms with Crippen LogP contribution >= 0.6 is 0 Å². The van der Waals surface area contributed by atoms with E-state index in [0.29, 0.717) is 0 Å². The molecule has 0 bridgehead atoms. The lowest BCUT2D eigenvalue weighted by Gasteiger charge is -2.34. The van der Waals surface area contributed by atoms with E-state index in [2.05, 4.69) is 207 Å². The van der Waals surface area contributed by atoms with E-state index in [4.69, 9.17) is 0 Å². The Hall–Kier alpha value is -6.44. The topological polar surface area (TPSA) is 3.24 Å². The molecule has 11 rings (SSSR count). The fourth-order valence-electron chi connectivity index (χ4n) is 10.7. The van der Waals surface area contributed by atoms with E-state index in [1.165, 1.54) is 95.0 Å². The Morgan fingerprint density at radius 1 is 0.351 bits per heavy atom. The van der Waals surface area contributed by atoms with Crippen LogP contribution in [-0.4, -0.2) is 0 Å². The molecule has 274 valence electrons. The van der Waals surface area contributed by atoms with Gasteiger partial charge in [0.25, 0.3) is 0 Å². The van der Waals surface area contributed by atoms with E-state index in [0.717, 1.165) is 25.7 Å². The summed E-state index contributed by atoms with van der Waals surface area (Å²) in [5.74, 6) is 0. The minimum absolute atomic E-state index is 0.0851. The summed E-state index contributed by atoms with van der Waals surface area (Å²) >= 11 is 0. The number of rotatable bonds is 4. The van der Waals surface area contributed by atoms with Crippen molar-refractivity contribution in [2.75, 3.05) is 4.90 Å². The third kappa shape index (κ3) is 5.29. The fourth-order valence-corrected chi connectivity index (χ4v) is 10.7. The number of benzene rings is 8. The van der Waals surface area contributed by atoms with Crippen molar-refractivity contribution >= 4 is 17.1 Å². The lowest BCUT2D eigenvalue weighted by molar-refractivity contribution is 0.448. The number of hydrogen-bond acceptors (Lipinski definition) is 1. The molecular formula is C56H45N. The highest BCUT2D eigenvalue weighted by Gasteiger charge is 2.44. The molecule has 0 N–H and O–H groups in total. The third-order valence-electron chi connectivity index (χ3n) is 13.5. The van der Waals surface area contributed by atoms with Gasteiger partial charge in [-0.25, -0.2) is 0 Å². The molecule has 1 unspecified atom stereocenters. The summed E-state index contributed by atoms with van der Waals surface area (Å²) in [6, 6.07) is 70.8. The van der Waals surface area contributed by atoms with Gasteiger partial charge < -0.3 is 4.90 Å². The number of aryl methyl sites for hydroxylation is 2. The number of hydrogen-bond donors (Lipinski definition) is 0. The zero-order valence-electron chi connectivity index (χ0n) is 32.7. The maximum absolute atomic E-state index is 2.56. The van der Waals surface area contributed by atoms with Gasteiger partial charge >= 0.3 is 0 Å². The summed E-state index contributed by atoms with van der Waals surface area (Å²) < 4.78 is 0. The Morgan fingerprint density at radius 3 is 1.60 bits per heavy atom. The zero-order chi connectivity index (χ0) is 38.1.